The van der Waals surface area contributed by atoms with E-state index in [1.165, 1.54) is 16.2 Å². The molecule has 0 aliphatic carbocycles. The Kier molecular flexibility index (Phi) is 3.89. The zero-order valence-electron chi connectivity index (χ0n) is 11.1. The third-order valence-corrected chi connectivity index (χ3v) is 5.13. The number of fused-ring (bicyclic) bond motifs is 1. The van der Waals surface area contributed by atoms with Gasteiger partial charge in [0.15, 0.2) is 0 Å². The van der Waals surface area contributed by atoms with Gasteiger partial charge in [-0.15, -0.1) is 23.1 Å². The molecular formula is C15H14N2OS2. The van der Waals surface area contributed by atoms with Crippen molar-refractivity contribution in [1.82, 2.24) is 9.55 Å². The summed E-state index contributed by atoms with van der Waals surface area (Å²) in [6.45, 7) is 2.67. The van der Waals surface area contributed by atoms with Gasteiger partial charge in [0, 0.05) is 17.2 Å². The van der Waals surface area contributed by atoms with Crippen LogP contribution in [0, 0.1) is 6.92 Å². The molecule has 102 valence electrons. The Bertz CT molecular complexity index is 777. The first-order valence-corrected chi connectivity index (χ1v) is 8.23. The Morgan fingerprint density at radius 1 is 1.30 bits per heavy atom. The van der Waals surface area contributed by atoms with Crippen molar-refractivity contribution in [3.05, 3.63) is 58.0 Å². The normalized spacial score (nSPS) is 11.1. The minimum Gasteiger partial charge on any atom is -0.297 e. The lowest BCUT2D eigenvalue weighted by Crippen LogP contribution is -2.20. The summed E-state index contributed by atoms with van der Waals surface area (Å²) < 4.78 is 2.46. The van der Waals surface area contributed by atoms with Crippen LogP contribution in [0.4, 0.5) is 0 Å². The third kappa shape index (κ3) is 2.64. The molecule has 0 saturated carbocycles. The van der Waals surface area contributed by atoms with E-state index in [1.54, 1.807) is 22.7 Å². The molecule has 3 nitrogen and oxygen atoms in total. The van der Waals surface area contributed by atoms with Crippen molar-refractivity contribution in [3.8, 4) is 0 Å². The van der Waals surface area contributed by atoms with E-state index < -0.39 is 0 Å². The lowest BCUT2D eigenvalue weighted by Gasteiger charge is -2.05. The Hall–Kier alpha value is -1.59. The lowest BCUT2D eigenvalue weighted by atomic mass is 10.3. The summed E-state index contributed by atoms with van der Waals surface area (Å²) in [5.74, 6) is 0.863. The van der Waals surface area contributed by atoms with Gasteiger partial charge in [0.25, 0.3) is 5.56 Å². The minimum atomic E-state index is 0.0711. The highest BCUT2D eigenvalue weighted by atomic mass is 32.2. The van der Waals surface area contributed by atoms with Crippen molar-refractivity contribution in [2.75, 3.05) is 5.75 Å². The standard InChI is InChI=1S/C15H14N2OS2/c1-11-9-20-14-13(11)16-10-17(15(14)18)7-8-19-12-5-3-2-4-6-12/h2-6,9-10H,7-8H2,1H3. The molecule has 0 aliphatic rings. The second-order valence-corrected chi connectivity index (χ2v) is 6.55. The number of aryl methyl sites for hydroxylation is 2. The molecule has 0 N–H and O–H groups in total. The average Bonchev–Trinajstić information content (AvgIpc) is 2.85. The van der Waals surface area contributed by atoms with E-state index in [0.29, 0.717) is 6.54 Å². The lowest BCUT2D eigenvalue weighted by molar-refractivity contribution is 0.726. The van der Waals surface area contributed by atoms with Crippen LogP contribution in [0.15, 0.2) is 51.7 Å². The number of benzene rings is 1. The maximum Gasteiger partial charge on any atom is 0.271 e. The van der Waals surface area contributed by atoms with Crippen LogP contribution in [0.1, 0.15) is 5.56 Å². The molecule has 0 unspecified atom stereocenters. The number of hydrogen-bond donors (Lipinski definition) is 0. The molecule has 2 heterocycles. The molecule has 0 saturated heterocycles. The molecule has 0 spiro atoms. The Labute approximate surface area is 125 Å². The highest BCUT2D eigenvalue weighted by Crippen LogP contribution is 2.20. The van der Waals surface area contributed by atoms with E-state index in [-0.39, 0.29) is 5.56 Å². The molecule has 0 fully saturated rings. The topological polar surface area (TPSA) is 34.9 Å². The van der Waals surface area contributed by atoms with Crippen LogP contribution in [0.3, 0.4) is 0 Å². The minimum absolute atomic E-state index is 0.0711. The molecule has 1 aromatic carbocycles. The summed E-state index contributed by atoms with van der Waals surface area (Å²) in [5, 5.41) is 1.99. The van der Waals surface area contributed by atoms with E-state index in [9.17, 15) is 4.79 Å². The monoisotopic (exact) mass is 302 g/mol. The number of nitrogens with zero attached hydrogens (tertiary/aromatic N) is 2. The van der Waals surface area contributed by atoms with Crippen molar-refractivity contribution >= 4 is 33.3 Å². The van der Waals surface area contributed by atoms with E-state index >= 15 is 0 Å². The Morgan fingerprint density at radius 2 is 2.10 bits per heavy atom. The van der Waals surface area contributed by atoms with Crippen molar-refractivity contribution in [3.63, 3.8) is 0 Å². The molecule has 3 aromatic rings. The number of thiophene rings is 1. The summed E-state index contributed by atoms with van der Waals surface area (Å²) in [4.78, 5) is 17.9. The molecule has 0 radical (unpaired) electrons. The van der Waals surface area contributed by atoms with Gasteiger partial charge in [-0.25, -0.2) is 4.98 Å². The number of aromatic nitrogens is 2. The van der Waals surface area contributed by atoms with Crippen LogP contribution in [0.2, 0.25) is 0 Å². The summed E-state index contributed by atoms with van der Waals surface area (Å²) in [7, 11) is 0. The van der Waals surface area contributed by atoms with Crippen LogP contribution < -0.4 is 5.56 Å². The zero-order valence-corrected chi connectivity index (χ0v) is 12.7. The van der Waals surface area contributed by atoms with Gasteiger partial charge in [-0.2, -0.15) is 0 Å². The predicted octanol–water partition coefficient (Wildman–Crippen LogP) is 3.56. The smallest absolute Gasteiger partial charge is 0.271 e. The summed E-state index contributed by atoms with van der Waals surface area (Å²) in [6.07, 6.45) is 1.66. The first-order chi connectivity index (χ1) is 9.75. The van der Waals surface area contributed by atoms with Gasteiger partial charge in [-0.3, -0.25) is 9.36 Å². The largest absolute Gasteiger partial charge is 0.297 e. The van der Waals surface area contributed by atoms with Crippen LogP contribution in [-0.4, -0.2) is 15.3 Å². The zero-order chi connectivity index (χ0) is 13.9. The molecule has 3 rings (SSSR count). The quantitative estimate of drug-likeness (QED) is 0.691. The number of rotatable bonds is 4. The van der Waals surface area contributed by atoms with E-state index in [2.05, 4.69) is 17.1 Å². The second kappa shape index (κ2) is 5.81. The highest BCUT2D eigenvalue weighted by molar-refractivity contribution is 7.99. The fraction of sp³-hybridized carbons (Fsp3) is 0.200. The molecule has 0 aliphatic heterocycles. The van der Waals surface area contributed by atoms with Crippen molar-refractivity contribution < 1.29 is 0 Å². The summed E-state index contributed by atoms with van der Waals surface area (Å²) in [5.41, 5.74) is 1.99. The molecule has 0 atom stereocenters. The van der Waals surface area contributed by atoms with Crippen LogP contribution in [0.5, 0.6) is 0 Å². The maximum absolute atomic E-state index is 12.3. The fourth-order valence-electron chi connectivity index (χ4n) is 2.00. The summed E-state index contributed by atoms with van der Waals surface area (Å²) in [6, 6.07) is 10.2. The van der Waals surface area contributed by atoms with Gasteiger partial charge in [0.2, 0.25) is 0 Å². The van der Waals surface area contributed by atoms with Gasteiger partial charge < -0.3 is 0 Å². The van der Waals surface area contributed by atoms with E-state index in [4.69, 9.17) is 0 Å². The van der Waals surface area contributed by atoms with Gasteiger partial charge in [0.1, 0.15) is 4.70 Å². The Morgan fingerprint density at radius 3 is 2.90 bits per heavy atom. The molecule has 20 heavy (non-hydrogen) atoms. The van der Waals surface area contributed by atoms with Crippen LogP contribution in [0.25, 0.3) is 10.2 Å². The maximum atomic E-state index is 12.3. The molecule has 0 amide bonds. The first-order valence-electron chi connectivity index (χ1n) is 6.37. The van der Waals surface area contributed by atoms with Crippen LogP contribution in [-0.2, 0) is 6.54 Å². The SMILES string of the molecule is Cc1csc2c(=O)n(CCSc3ccccc3)cnc12. The second-order valence-electron chi connectivity index (χ2n) is 4.50. The fourth-order valence-corrected chi connectivity index (χ4v) is 3.82. The molecular weight excluding hydrogens is 288 g/mol. The van der Waals surface area contributed by atoms with Gasteiger partial charge in [-0.1, -0.05) is 18.2 Å². The van der Waals surface area contributed by atoms with Crippen LogP contribution >= 0.6 is 23.1 Å². The first kappa shape index (κ1) is 13.4. The van der Waals surface area contributed by atoms with Crippen molar-refractivity contribution in [2.24, 2.45) is 0 Å². The van der Waals surface area contributed by atoms with Gasteiger partial charge in [0.05, 0.1) is 11.8 Å². The van der Waals surface area contributed by atoms with E-state index in [0.717, 1.165) is 21.5 Å². The number of thioether (sulfide) groups is 1. The Balaban J connectivity index is 1.75. The third-order valence-electron chi connectivity index (χ3n) is 3.07. The van der Waals surface area contributed by atoms with Crippen molar-refractivity contribution in [2.45, 2.75) is 18.4 Å². The van der Waals surface area contributed by atoms with Gasteiger partial charge >= 0.3 is 0 Å². The molecule has 5 heteroatoms. The molecule has 2 aromatic heterocycles. The highest BCUT2D eigenvalue weighted by Gasteiger charge is 2.08. The van der Waals surface area contributed by atoms with Crippen molar-refractivity contribution in [1.29, 1.82) is 0 Å². The van der Waals surface area contributed by atoms with Gasteiger partial charge in [-0.05, 0) is 30.0 Å². The summed E-state index contributed by atoms with van der Waals surface area (Å²) >= 11 is 3.23. The number of hydrogen-bond acceptors (Lipinski definition) is 4. The molecule has 0 bridgehead atoms. The van der Waals surface area contributed by atoms with E-state index in [1.807, 2.05) is 30.5 Å². The average molecular weight is 302 g/mol. The predicted molar refractivity (Wildman–Crippen MR) is 85.8 cm³/mol.